The predicted molar refractivity (Wildman–Crippen MR) is 88.8 cm³/mol. The van der Waals surface area contributed by atoms with Crippen LogP contribution in [-0.2, 0) is 11.3 Å². The van der Waals surface area contributed by atoms with Crippen LogP contribution in [0.3, 0.4) is 0 Å². The van der Waals surface area contributed by atoms with Crippen molar-refractivity contribution in [3.63, 3.8) is 0 Å². The van der Waals surface area contributed by atoms with Crippen molar-refractivity contribution >= 4 is 23.2 Å². The topological polar surface area (TPSA) is 90.0 Å². The first-order chi connectivity index (χ1) is 11.9. The van der Waals surface area contributed by atoms with E-state index in [4.69, 9.17) is 16.1 Å². The molecule has 0 saturated heterocycles. The number of carbonyl (C=O) groups is 1. The molecule has 128 valence electrons. The molecule has 2 heterocycles. The van der Waals surface area contributed by atoms with Gasteiger partial charge in [-0.05, 0) is 31.2 Å². The molecule has 3 aromatic rings. The van der Waals surface area contributed by atoms with Gasteiger partial charge in [0.1, 0.15) is 12.4 Å². The van der Waals surface area contributed by atoms with E-state index in [2.05, 4.69) is 15.5 Å². The van der Waals surface area contributed by atoms with Gasteiger partial charge in [-0.1, -0.05) is 16.8 Å². The zero-order valence-corrected chi connectivity index (χ0v) is 13.7. The number of nitrogens with zero attached hydrogens (tertiary/aromatic N) is 3. The molecule has 1 aromatic carbocycles. The van der Waals surface area contributed by atoms with E-state index in [0.29, 0.717) is 11.4 Å². The van der Waals surface area contributed by atoms with Gasteiger partial charge >= 0.3 is 0 Å². The number of amides is 1. The van der Waals surface area contributed by atoms with Crippen LogP contribution in [0.5, 0.6) is 0 Å². The van der Waals surface area contributed by atoms with Crippen LogP contribution in [0.1, 0.15) is 5.82 Å². The van der Waals surface area contributed by atoms with Gasteiger partial charge in [0.05, 0.1) is 11.3 Å². The van der Waals surface area contributed by atoms with Crippen LogP contribution in [-0.4, -0.2) is 20.6 Å². The molecule has 0 radical (unpaired) electrons. The van der Waals surface area contributed by atoms with Gasteiger partial charge in [0.15, 0.2) is 5.82 Å². The molecule has 2 aromatic heterocycles. The average Bonchev–Trinajstić information content (AvgIpc) is 2.99. The van der Waals surface area contributed by atoms with Crippen molar-refractivity contribution in [2.24, 2.45) is 0 Å². The van der Waals surface area contributed by atoms with Crippen molar-refractivity contribution in [1.29, 1.82) is 0 Å². The van der Waals surface area contributed by atoms with Gasteiger partial charge in [-0.15, -0.1) is 0 Å². The molecule has 0 aliphatic carbocycles. The molecule has 3 rings (SSSR count). The molecule has 0 spiro atoms. The van der Waals surface area contributed by atoms with E-state index < -0.39 is 17.3 Å². The number of aryl methyl sites for hydroxylation is 1. The van der Waals surface area contributed by atoms with Crippen LogP contribution in [0.25, 0.3) is 11.5 Å². The van der Waals surface area contributed by atoms with Crippen molar-refractivity contribution in [2.75, 3.05) is 5.32 Å². The number of hydrogen-bond acceptors (Lipinski definition) is 5. The van der Waals surface area contributed by atoms with E-state index in [1.807, 2.05) is 0 Å². The summed E-state index contributed by atoms with van der Waals surface area (Å²) < 4.78 is 19.9. The highest BCUT2D eigenvalue weighted by molar-refractivity contribution is 6.30. The molecule has 9 heteroatoms. The van der Waals surface area contributed by atoms with Gasteiger partial charge < -0.3 is 14.4 Å². The van der Waals surface area contributed by atoms with E-state index >= 15 is 0 Å². The number of pyridine rings is 1. The van der Waals surface area contributed by atoms with Crippen LogP contribution in [0, 0.1) is 12.7 Å². The highest BCUT2D eigenvalue weighted by Gasteiger charge is 2.12. The first-order valence-electron chi connectivity index (χ1n) is 7.18. The van der Waals surface area contributed by atoms with Crippen molar-refractivity contribution in [3.8, 4) is 11.5 Å². The minimum absolute atomic E-state index is 0.0221. The van der Waals surface area contributed by atoms with E-state index in [0.717, 1.165) is 10.6 Å². The van der Waals surface area contributed by atoms with Crippen LogP contribution in [0.15, 0.2) is 45.8 Å². The summed E-state index contributed by atoms with van der Waals surface area (Å²) in [7, 11) is 0. The van der Waals surface area contributed by atoms with Crippen LogP contribution in [0.4, 0.5) is 10.1 Å². The fourth-order valence-corrected chi connectivity index (χ4v) is 2.29. The first kappa shape index (κ1) is 16.8. The largest absolute Gasteiger partial charge is 0.334 e. The SMILES string of the molecule is Cc1noc(-c2ccc(=O)n(CC(=O)Nc3ccc(Cl)cc3F)c2)n1. The van der Waals surface area contributed by atoms with Gasteiger partial charge in [-0.25, -0.2) is 4.39 Å². The quantitative estimate of drug-likeness (QED) is 0.770. The Kier molecular flexibility index (Phi) is 4.62. The number of halogens is 2. The highest BCUT2D eigenvalue weighted by Crippen LogP contribution is 2.19. The Bertz CT molecular complexity index is 999. The minimum atomic E-state index is -0.664. The fraction of sp³-hybridized carbons (Fsp3) is 0.125. The lowest BCUT2D eigenvalue weighted by Crippen LogP contribution is -2.27. The van der Waals surface area contributed by atoms with Crippen molar-refractivity contribution in [2.45, 2.75) is 13.5 Å². The summed E-state index contributed by atoms with van der Waals surface area (Å²) in [5.41, 5.74) is 0.0727. The molecule has 0 fully saturated rings. The molecule has 1 amide bonds. The number of nitrogens with one attached hydrogen (secondary N) is 1. The third kappa shape index (κ3) is 3.92. The van der Waals surface area contributed by atoms with Crippen molar-refractivity contribution in [3.05, 3.63) is 63.5 Å². The molecule has 0 atom stereocenters. The maximum Gasteiger partial charge on any atom is 0.259 e. The maximum absolute atomic E-state index is 13.7. The zero-order valence-electron chi connectivity index (χ0n) is 13.0. The van der Waals surface area contributed by atoms with E-state index in [1.165, 1.54) is 30.5 Å². The molecular weight excluding hydrogens is 351 g/mol. The highest BCUT2D eigenvalue weighted by atomic mass is 35.5. The second kappa shape index (κ2) is 6.86. The second-order valence-electron chi connectivity index (χ2n) is 5.20. The normalized spacial score (nSPS) is 10.7. The van der Waals surface area contributed by atoms with Gasteiger partial charge in [0, 0.05) is 17.3 Å². The Morgan fingerprint density at radius 2 is 2.16 bits per heavy atom. The number of hydrogen-bond donors (Lipinski definition) is 1. The molecule has 0 bridgehead atoms. The lowest BCUT2D eigenvalue weighted by Gasteiger charge is -2.09. The predicted octanol–water partition coefficient (Wildman–Crippen LogP) is 2.64. The summed E-state index contributed by atoms with van der Waals surface area (Å²) in [6.45, 7) is 1.36. The Balaban J connectivity index is 1.80. The van der Waals surface area contributed by atoms with Crippen molar-refractivity contribution < 1.29 is 13.7 Å². The lowest BCUT2D eigenvalue weighted by atomic mass is 10.2. The van der Waals surface area contributed by atoms with Gasteiger partial charge in [-0.2, -0.15) is 4.98 Å². The van der Waals surface area contributed by atoms with Crippen LogP contribution < -0.4 is 10.9 Å². The number of carbonyl (C=O) groups excluding carboxylic acids is 1. The van der Waals surface area contributed by atoms with Gasteiger partial charge in [-0.3, -0.25) is 9.59 Å². The second-order valence-corrected chi connectivity index (χ2v) is 5.64. The Morgan fingerprint density at radius 1 is 1.36 bits per heavy atom. The van der Waals surface area contributed by atoms with E-state index in [9.17, 15) is 14.0 Å². The number of benzene rings is 1. The van der Waals surface area contributed by atoms with E-state index in [1.54, 1.807) is 6.92 Å². The van der Waals surface area contributed by atoms with Gasteiger partial charge in [0.2, 0.25) is 5.91 Å². The van der Waals surface area contributed by atoms with Gasteiger partial charge in [0.25, 0.3) is 11.4 Å². The molecule has 0 aliphatic heterocycles. The lowest BCUT2D eigenvalue weighted by molar-refractivity contribution is -0.116. The summed E-state index contributed by atoms with van der Waals surface area (Å²) in [6, 6.07) is 6.68. The molecule has 7 nitrogen and oxygen atoms in total. The first-order valence-corrected chi connectivity index (χ1v) is 7.56. The molecule has 25 heavy (non-hydrogen) atoms. The monoisotopic (exact) mass is 362 g/mol. The van der Waals surface area contributed by atoms with Crippen molar-refractivity contribution in [1.82, 2.24) is 14.7 Å². The smallest absolute Gasteiger partial charge is 0.259 e. The molecule has 0 unspecified atom stereocenters. The summed E-state index contributed by atoms with van der Waals surface area (Å²) >= 11 is 5.66. The number of anilines is 1. The summed E-state index contributed by atoms with van der Waals surface area (Å²) in [6.07, 6.45) is 1.42. The number of aromatic nitrogens is 3. The molecule has 0 saturated carbocycles. The Labute approximate surface area is 146 Å². The summed E-state index contributed by atoms with van der Waals surface area (Å²) in [5, 5.41) is 6.28. The third-order valence-corrected chi connectivity index (χ3v) is 3.51. The number of rotatable bonds is 4. The maximum atomic E-state index is 13.7. The fourth-order valence-electron chi connectivity index (χ4n) is 2.13. The average molecular weight is 363 g/mol. The summed E-state index contributed by atoms with van der Waals surface area (Å²) in [4.78, 5) is 28.1. The minimum Gasteiger partial charge on any atom is -0.334 e. The van der Waals surface area contributed by atoms with E-state index in [-0.39, 0.29) is 23.1 Å². The zero-order chi connectivity index (χ0) is 18.0. The summed E-state index contributed by atoms with van der Waals surface area (Å²) in [5.74, 6) is -0.551. The molecule has 0 aliphatic rings. The Morgan fingerprint density at radius 3 is 2.84 bits per heavy atom. The Hall–Kier alpha value is -3.00. The standard InChI is InChI=1S/C16H12ClFN4O3/c1-9-19-16(25-21-9)10-2-5-15(24)22(7-10)8-14(23)20-13-4-3-11(17)6-12(13)18/h2-7H,8H2,1H3,(H,20,23). The molecule has 1 N–H and O–H groups in total. The third-order valence-electron chi connectivity index (χ3n) is 3.28. The molecular formula is C16H12ClFN4O3. The van der Waals surface area contributed by atoms with Crippen LogP contribution >= 0.6 is 11.6 Å². The van der Waals surface area contributed by atoms with Crippen LogP contribution in [0.2, 0.25) is 5.02 Å².